The molecule has 23 heteroatoms. The lowest BCUT2D eigenvalue weighted by molar-refractivity contribution is 0.222. The van der Waals surface area contributed by atoms with Crippen molar-refractivity contribution in [2.75, 3.05) is 47.5 Å². The number of aromatic hydroxyl groups is 1. The smallest absolute Gasteiger partial charge is 0.266 e. The van der Waals surface area contributed by atoms with E-state index in [2.05, 4.69) is 104 Å². The summed E-state index contributed by atoms with van der Waals surface area (Å²) in [6, 6.07) is 39.3. The van der Waals surface area contributed by atoms with E-state index in [0.717, 1.165) is 91.2 Å². The average Bonchev–Trinajstić information content (AvgIpc) is 0.801. The van der Waals surface area contributed by atoms with Gasteiger partial charge in [-0.05, 0) is 159 Å². The molecule has 0 saturated heterocycles. The van der Waals surface area contributed by atoms with E-state index in [1.807, 2.05) is 198 Å². The molecular weight excluding hydrogens is 1380 g/mol. The van der Waals surface area contributed by atoms with Crippen LogP contribution in [0.2, 0.25) is 0 Å². The van der Waals surface area contributed by atoms with E-state index in [0.29, 0.717) is 102 Å². The van der Waals surface area contributed by atoms with Crippen LogP contribution in [0.3, 0.4) is 0 Å². The number of ether oxygens (including phenoxy) is 1. The summed E-state index contributed by atoms with van der Waals surface area (Å²) in [7, 11) is 0. The zero-order valence-electron chi connectivity index (χ0n) is 65.0. The molecular formula is C87H95N17O6. The molecule has 23 nitrogen and oxygen atoms in total. The van der Waals surface area contributed by atoms with Crippen LogP contribution in [0, 0.1) is 42.9 Å². The van der Waals surface area contributed by atoms with Gasteiger partial charge in [-0.1, -0.05) is 101 Å². The molecule has 0 fully saturated rings. The highest BCUT2D eigenvalue weighted by Crippen LogP contribution is 2.28. The summed E-state index contributed by atoms with van der Waals surface area (Å²) in [6.45, 7) is 34.1. The summed E-state index contributed by atoms with van der Waals surface area (Å²) in [5.41, 5.74) is 8.62. The van der Waals surface area contributed by atoms with E-state index < -0.39 is 0 Å². The van der Waals surface area contributed by atoms with E-state index in [-0.39, 0.29) is 39.3 Å². The molecule has 0 bridgehead atoms. The number of rotatable bonds is 20. The van der Waals surface area contributed by atoms with Gasteiger partial charge in [0.2, 0.25) is 0 Å². The standard InChI is InChI=1S/C24H33N5O2.C22H24N4O.C21H18N4O2.C20H20N4O/c1-6-28(7-2)11-12-31-19-9-10-22(26-16-19)27-23-14-21-18(15-25-23)13-20(17(4)5)24(30)29(21)8-3;1-6-26-18-12-20(25-19-8-7-15(2)13-23-19)24-14-17(18)11-16(21(26)27)9-10-22(3,4)5;1-2-25-18-11-20(24-19-9-8-16(26)13-23-19)22-12-15(18)10-17(21(25)27)14-6-4-3-5-7-14;1-4-6-7-15-10-16-13-22-19(11-17(16)24(5-2)20(15)25)23-18-9-8-14(3)12-21-18/h9-10,13-17H,6-8,11-12H2,1-5H3,(H,25,26,27);7-8,11-14H,6H2,1-5H3,(H,23,24,25);3-13,26H,2H2,1H3,(H,22,23,24);8-13H,4-5H2,1-3H3,(H,21,22,23). The van der Waals surface area contributed by atoms with Crippen molar-refractivity contribution in [1.82, 2.24) is 63.0 Å². The number of anilines is 8. The number of nitrogens with zero attached hydrogens (tertiary/aromatic N) is 13. The van der Waals surface area contributed by atoms with Gasteiger partial charge in [-0.25, -0.2) is 39.9 Å². The molecule has 12 aromatic heterocycles. The van der Waals surface area contributed by atoms with Gasteiger partial charge in [-0.15, -0.1) is 0 Å². The van der Waals surface area contributed by atoms with Gasteiger partial charge in [0.25, 0.3) is 22.2 Å². The summed E-state index contributed by atoms with van der Waals surface area (Å²) in [5.74, 6) is 18.3. The fourth-order valence-electron chi connectivity index (χ4n) is 11.9. The lowest BCUT2D eigenvalue weighted by atomic mass is 9.97. The van der Waals surface area contributed by atoms with E-state index in [4.69, 9.17) is 4.74 Å². The Balaban J connectivity index is 0.000000156. The SMILES string of the molecule is CCC#Cc1cc2cnc(Nc3ccc(C)cn3)cc2n(CC)c1=O.CCN(CC)CCOc1ccc(Nc2cc3c(cn2)cc(C(C)C)c(=O)n3CC)nc1.CCn1c(=O)c(-c2ccccc2)cc2cnc(Nc3ccc(O)cn3)cc21.CCn1c(=O)c(C#CC(C)(C)C)cc2cnc(Nc3ccc(C)cn3)cc21. The molecule has 1 aromatic carbocycles. The van der Waals surface area contributed by atoms with Crippen LogP contribution in [-0.2, 0) is 26.2 Å². The second-order valence-corrected chi connectivity index (χ2v) is 27.3. The van der Waals surface area contributed by atoms with Crippen molar-refractivity contribution in [3.05, 3.63) is 246 Å². The first-order valence-corrected chi connectivity index (χ1v) is 37.1. The topological polar surface area (TPSA) is 272 Å². The fourth-order valence-corrected chi connectivity index (χ4v) is 11.9. The third kappa shape index (κ3) is 20.4. The maximum absolute atomic E-state index is 13.0. The maximum Gasteiger partial charge on any atom is 0.266 e. The lowest BCUT2D eigenvalue weighted by Gasteiger charge is -2.18. The molecule has 13 rings (SSSR count). The Morgan fingerprint density at radius 3 is 1.26 bits per heavy atom. The van der Waals surface area contributed by atoms with Crippen LogP contribution < -0.4 is 48.2 Å². The Hall–Kier alpha value is -12.9. The van der Waals surface area contributed by atoms with Crippen LogP contribution >= 0.6 is 0 Å². The van der Waals surface area contributed by atoms with Crippen molar-refractivity contribution in [2.24, 2.45) is 5.41 Å². The van der Waals surface area contributed by atoms with Crippen LogP contribution in [0.4, 0.5) is 46.5 Å². The second kappa shape index (κ2) is 37.1. The number of aryl methyl sites for hydroxylation is 6. The Morgan fingerprint density at radius 2 is 0.864 bits per heavy atom. The molecule has 0 aliphatic carbocycles. The highest BCUT2D eigenvalue weighted by Gasteiger charge is 2.17. The Bertz CT molecular complexity index is 5750. The first kappa shape index (κ1) is 79.7. The van der Waals surface area contributed by atoms with Crippen LogP contribution in [0.25, 0.3) is 54.7 Å². The van der Waals surface area contributed by atoms with Crippen molar-refractivity contribution in [2.45, 2.75) is 135 Å². The number of aromatic nitrogens is 12. The van der Waals surface area contributed by atoms with Gasteiger partial charge in [0.1, 0.15) is 64.6 Å². The van der Waals surface area contributed by atoms with E-state index in [1.54, 1.807) is 73.8 Å². The normalized spacial score (nSPS) is 11.0. The zero-order chi connectivity index (χ0) is 78.6. The van der Waals surface area contributed by atoms with Crippen LogP contribution in [0.1, 0.15) is 123 Å². The van der Waals surface area contributed by atoms with Crippen molar-refractivity contribution < 1.29 is 9.84 Å². The van der Waals surface area contributed by atoms with E-state index in [1.165, 1.54) is 6.20 Å². The van der Waals surface area contributed by atoms with Crippen molar-refractivity contribution in [1.29, 1.82) is 0 Å². The molecule has 13 aromatic rings. The van der Waals surface area contributed by atoms with Gasteiger partial charge >= 0.3 is 0 Å². The van der Waals surface area contributed by atoms with E-state index in [9.17, 15) is 24.3 Å². The molecule has 110 heavy (non-hydrogen) atoms. The second-order valence-electron chi connectivity index (χ2n) is 27.3. The molecule has 0 saturated carbocycles. The largest absolute Gasteiger partial charge is 0.506 e. The lowest BCUT2D eigenvalue weighted by Crippen LogP contribution is -2.27. The number of benzene rings is 1. The van der Waals surface area contributed by atoms with Gasteiger partial charge in [-0.3, -0.25) is 19.2 Å². The minimum Gasteiger partial charge on any atom is -0.506 e. The summed E-state index contributed by atoms with van der Waals surface area (Å²) in [5, 5.41) is 25.6. The fraction of sp³-hybridized carbons (Fsp3) is 0.287. The Morgan fingerprint density at radius 1 is 0.455 bits per heavy atom. The highest BCUT2D eigenvalue weighted by molar-refractivity contribution is 5.87. The minimum absolute atomic E-state index is 0.0314. The predicted molar refractivity (Wildman–Crippen MR) is 444 cm³/mol. The number of likely N-dealkylation sites (N-methyl/N-ethyl adjacent to an activating group) is 1. The maximum atomic E-state index is 13.0. The third-order valence-corrected chi connectivity index (χ3v) is 17.8. The number of hydrogen-bond donors (Lipinski definition) is 5. The highest BCUT2D eigenvalue weighted by atomic mass is 16.5. The molecule has 0 aliphatic rings. The van der Waals surface area contributed by atoms with Crippen molar-refractivity contribution >= 4 is 90.2 Å². The number of hydrogen-bond acceptors (Lipinski definition) is 19. The Kier molecular flexibility index (Phi) is 26.9. The average molecular weight is 1470 g/mol. The predicted octanol–water partition coefficient (Wildman–Crippen LogP) is 16.2. The summed E-state index contributed by atoms with van der Waals surface area (Å²) < 4.78 is 12.8. The zero-order valence-corrected chi connectivity index (χ0v) is 65.0. The third-order valence-electron chi connectivity index (χ3n) is 17.8. The van der Waals surface area contributed by atoms with E-state index >= 15 is 0 Å². The minimum atomic E-state index is -0.161. The van der Waals surface area contributed by atoms with Crippen LogP contribution in [0.15, 0.2) is 196 Å². The molecule has 0 radical (unpaired) electrons. The number of pyridine rings is 12. The molecule has 5 N–H and O–H groups in total. The van der Waals surface area contributed by atoms with Gasteiger partial charge in [0.05, 0.1) is 45.6 Å². The van der Waals surface area contributed by atoms with Gasteiger partial charge in [-0.2, -0.15) is 0 Å². The Labute approximate surface area is 640 Å². The molecule has 0 amide bonds. The van der Waals surface area contributed by atoms with Crippen LogP contribution in [-0.4, -0.2) is 94.4 Å². The molecule has 0 aliphatic heterocycles. The van der Waals surface area contributed by atoms with Gasteiger partial charge < -0.3 is 54.3 Å². The number of fused-ring (bicyclic) bond motifs is 4. The summed E-state index contributed by atoms with van der Waals surface area (Å²) >= 11 is 0. The van der Waals surface area contributed by atoms with Gasteiger partial charge in [0, 0.05) is 139 Å². The molecule has 12 heterocycles. The monoisotopic (exact) mass is 1470 g/mol. The summed E-state index contributed by atoms with van der Waals surface area (Å²) in [6.07, 6.45) is 14.5. The van der Waals surface area contributed by atoms with Gasteiger partial charge in [0.15, 0.2) is 0 Å². The molecule has 0 spiro atoms. The first-order chi connectivity index (χ1) is 53.0. The molecule has 0 unspecified atom stereocenters. The first-order valence-electron chi connectivity index (χ1n) is 37.1. The van der Waals surface area contributed by atoms with Crippen LogP contribution in [0.5, 0.6) is 11.5 Å². The summed E-state index contributed by atoms with van der Waals surface area (Å²) in [4.78, 5) is 88.7. The van der Waals surface area contributed by atoms with Crippen molar-refractivity contribution in [3.8, 4) is 46.3 Å². The quantitative estimate of drug-likeness (QED) is 0.0444. The molecule has 564 valence electrons. The molecule has 0 atom stereocenters. The number of nitrogens with one attached hydrogen (secondary N) is 4. The van der Waals surface area contributed by atoms with Crippen molar-refractivity contribution in [3.63, 3.8) is 0 Å².